The van der Waals surface area contributed by atoms with Gasteiger partial charge in [0.25, 0.3) is 0 Å². The van der Waals surface area contributed by atoms with Crippen molar-refractivity contribution in [3.63, 3.8) is 0 Å². The SMILES string of the molecule is CCN1C[C@H](C(=O)NCc2ccnc3ccccc23)CC1=O. The maximum absolute atomic E-state index is 12.3. The van der Waals surface area contributed by atoms with Crippen LogP contribution in [0.1, 0.15) is 18.9 Å². The zero-order chi connectivity index (χ0) is 15.5. The standard InChI is InChI=1S/C17H19N3O2/c1-2-20-11-13(9-16(20)21)17(22)19-10-12-7-8-18-15-6-4-3-5-14(12)15/h3-8,13H,2,9-11H2,1H3,(H,19,22)/t13-/m1/s1. The number of rotatable bonds is 4. The highest BCUT2D eigenvalue weighted by atomic mass is 16.2. The van der Waals surface area contributed by atoms with Gasteiger partial charge in [0.05, 0.1) is 11.4 Å². The van der Waals surface area contributed by atoms with E-state index in [9.17, 15) is 9.59 Å². The fraction of sp³-hybridized carbons (Fsp3) is 0.353. The first kappa shape index (κ1) is 14.5. The van der Waals surface area contributed by atoms with Gasteiger partial charge in [-0.1, -0.05) is 18.2 Å². The maximum Gasteiger partial charge on any atom is 0.225 e. The average Bonchev–Trinajstić information content (AvgIpc) is 2.93. The highest BCUT2D eigenvalue weighted by Gasteiger charge is 2.33. The molecule has 1 fully saturated rings. The van der Waals surface area contributed by atoms with E-state index in [1.807, 2.05) is 37.3 Å². The van der Waals surface area contributed by atoms with Gasteiger partial charge in [-0.15, -0.1) is 0 Å². The van der Waals surface area contributed by atoms with Gasteiger partial charge in [0.2, 0.25) is 11.8 Å². The summed E-state index contributed by atoms with van der Waals surface area (Å²) in [5.41, 5.74) is 1.96. The molecule has 5 nitrogen and oxygen atoms in total. The molecule has 0 aliphatic carbocycles. The maximum atomic E-state index is 12.3. The Bertz CT molecular complexity index is 709. The third-order valence-corrected chi connectivity index (χ3v) is 4.16. The number of pyridine rings is 1. The number of fused-ring (bicyclic) bond motifs is 1. The Morgan fingerprint density at radius 2 is 2.18 bits per heavy atom. The molecule has 1 atom stereocenters. The Morgan fingerprint density at radius 1 is 1.36 bits per heavy atom. The van der Waals surface area contributed by atoms with Crippen LogP contribution in [0.4, 0.5) is 0 Å². The summed E-state index contributed by atoms with van der Waals surface area (Å²) < 4.78 is 0. The topological polar surface area (TPSA) is 62.3 Å². The summed E-state index contributed by atoms with van der Waals surface area (Å²) >= 11 is 0. The van der Waals surface area contributed by atoms with Crippen molar-refractivity contribution >= 4 is 22.7 Å². The first-order valence-corrected chi connectivity index (χ1v) is 7.57. The van der Waals surface area contributed by atoms with Crippen LogP contribution in [0, 0.1) is 5.92 Å². The van der Waals surface area contributed by atoms with Gasteiger partial charge in [-0.3, -0.25) is 14.6 Å². The molecule has 2 amide bonds. The number of para-hydroxylation sites is 1. The lowest BCUT2D eigenvalue weighted by Gasteiger charge is -2.14. The van der Waals surface area contributed by atoms with Crippen LogP contribution in [-0.2, 0) is 16.1 Å². The normalized spacial score (nSPS) is 18.0. The van der Waals surface area contributed by atoms with Crippen molar-refractivity contribution in [2.75, 3.05) is 13.1 Å². The van der Waals surface area contributed by atoms with Crippen molar-refractivity contribution in [1.82, 2.24) is 15.2 Å². The first-order chi connectivity index (χ1) is 10.7. The lowest BCUT2D eigenvalue weighted by molar-refractivity contribution is -0.128. The van der Waals surface area contributed by atoms with Crippen LogP contribution in [-0.4, -0.2) is 34.8 Å². The minimum absolute atomic E-state index is 0.0507. The van der Waals surface area contributed by atoms with Crippen LogP contribution in [0.25, 0.3) is 10.9 Å². The minimum atomic E-state index is -0.236. The lowest BCUT2D eigenvalue weighted by Crippen LogP contribution is -2.32. The summed E-state index contributed by atoms with van der Waals surface area (Å²) in [6, 6.07) is 9.78. The van der Waals surface area contributed by atoms with E-state index in [0.717, 1.165) is 16.5 Å². The molecule has 0 radical (unpaired) electrons. The molecule has 3 rings (SSSR count). The number of amides is 2. The third-order valence-electron chi connectivity index (χ3n) is 4.16. The van der Waals surface area contributed by atoms with Crippen LogP contribution in [0.15, 0.2) is 36.5 Å². The highest BCUT2D eigenvalue weighted by Crippen LogP contribution is 2.19. The van der Waals surface area contributed by atoms with Crippen molar-refractivity contribution in [2.45, 2.75) is 19.9 Å². The summed E-state index contributed by atoms with van der Waals surface area (Å²) in [6.45, 7) is 3.58. The summed E-state index contributed by atoms with van der Waals surface area (Å²) in [4.78, 5) is 30.0. The van der Waals surface area contributed by atoms with Gasteiger partial charge in [0, 0.05) is 37.6 Å². The summed E-state index contributed by atoms with van der Waals surface area (Å²) in [5, 5.41) is 4.00. The Kier molecular flexibility index (Phi) is 4.04. The molecule has 0 spiro atoms. The molecule has 22 heavy (non-hydrogen) atoms. The van der Waals surface area contributed by atoms with Gasteiger partial charge >= 0.3 is 0 Å². The van der Waals surface area contributed by atoms with Crippen LogP contribution < -0.4 is 5.32 Å². The van der Waals surface area contributed by atoms with Crippen molar-refractivity contribution in [3.8, 4) is 0 Å². The molecule has 2 heterocycles. The van der Waals surface area contributed by atoms with Gasteiger partial charge in [0.15, 0.2) is 0 Å². The zero-order valence-corrected chi connectivity index (χ0v) is 12.6. The van der Waals surface area contributed by atoms with Gasteiger partial charge in [0.1, 0.15) is 0 Å². The summed E-state index contributed by atoms with van der Waals surface area (Å²) in [5.74, 6) is -0.220. The molecular formula is C17H19N3O2. The number of carbonyl (C=O) groups is 2. The number of hydrogen-bond acceptors (Lipinski definition) is 3. The van der Waals surface area contributed by atoms with Gasteiger partial charge in [-0.2, -0.15) is 0 Å². The largest absolute Gasteiger partial charge is 0.352 e. The second-order valence-corrected chi connectivity index (χ2v) is 5.54. The number of carbonyl (C=O) groups excluding carboxylic acids is 2. The van der Waals surface area contributed by atoms with E-state index in [4.69, 9.17) is 0 Å². The average molecular weight is 297 g/mol. The van der Waals surface area contributed by atoms with E-state index >= 15 is 0 Å². The number of benzene rings is 1. The van der Waals surface area contributed by atoms with E-state index < -0.39 is 0 Å². The Morgan fingerprint density at radius 3 is 2.95 bits per heavy atom. The van der Waals surface area contributed by atoms with Crippen molar-refractivity contribution in [2.24, 2.45) is 5.92 Å². The predicted octanol–water partition coefficient (Wildman–Crippen LogP) is 1.72. The molecule has 1 N–H and O–H groups in total. The molecule has 0 saturated carbocycles. The number of nitrogens with zero attached hydrogens (tertiary/aromatic N) is 2. The fourth-order valence-electron chi connectivity index (χ4n) is 2.89. The molecule has 114 valence electrons. The smallest absolute Gasteiger partial charge is 0.225 e. The molecule has 0 bridgehead atoms. The second-order valence-electron chi connectivity index (χ2n) is 5.54. The van der Waals surface area contributed by atoms with E-state index in [0.29, 0.717) is 26.1 Å². The monoisotopic (exact) mass is 297 g/mol. The molecular weight excluding hydrogens is 278 g/mol. The first-order valence-electron chi connectivity index (χ1n) is 7.57. The lowest BCUT2D eigenvalue weighted by atomic mass is 10.1. The van der Waals surface area contributed by atoms with Gasteiger partial charge in [-0.05, 0) is 24.6 Å². The molecule has 0 unspecified atom stereocenters. The molecule has 1 aliphatic heterocycles. The highest BCUT2D eigenvalue weighted by molar-refractivity contribution is 5.89. The van der Waals surface area contributed by atoms with E-state index in [1.165, 1.54) is 0 Å². The second kappa shape index (κ2) is 6.13. The molecule has 5 heteroatoms. The van der Waals surface area contributed by atoms with E-state index in [1.54, 1.807) is 11.1 Å². The quantitative estimate of drug-likeness (QED) is 0.934. The molecule has 1 aliphatic rings. The molecule has 1 aromatic heterocycles. The number of aromatic nitrogens is 1. The van der Waals surface area contributed by atoms with Crippen molar-refractivity contribution < 1.29 is 9.59 Å². The van der Waals surface area contributed by atoms with Crippen LogP contribution >= 0.6 is 0 Å². The van der Waals surface area contributed by atoms with Crippen molar-refractivity contribution in [1.29, 1.82) is 0 Å². The molecule has 1 aromatic carbocycles. The number of likely N-dealkylation sites (tertiary alicyclic amines) is 1. The Labute approximate surface area is 129 Å². The zero-order valence-electron chi connectivity index (χ0n) is 12.6. The molecule has 1 saturated heterocycles. The Hall–Kier alpha value is -2.43. The van der Waals surface area contributed by atoms with E-state index in [-0.39, 0.29) is 17.7 Å². The fourth-order valence-corrected chi connectivity index (χ4v) is 2.89. The van der Waals surface area contributed by atoms with Crippen molar-refractivity contribution in [3.05, 3.63) is 42.1 Å². The van der Waals surface area contributed by atoms with Crippen LogP contribution in [0.2, 0.25) is 0 Å². The van der Waals surface area contributed by atoms with Crippen LogP contribution in [0.5, 0.6) is 0 Å². The number of hydrogen-bond donors (Lipinski definition) is 1. The Balaban J connectivity index is 1.67. The molecule has 2 aromatic rings. The predicted molar refractivity (Wildman–Crippen MR) is 84.0 cm³/mol. The summed E-state index contributed by atoms with van der Waals surface area (Å²) in [7, 11) is 0. The van der Waals surface area contributed by atoms with Gasteiger partial charge < -0.3 is 10.2 Å². The van der Waals surface area contributed by atoms with Gasteiger partial charge in [-0.25, -0.2) is 0 Å². The minimum Gasteiger partial charge on any atom is -0.352 e. The number of nitrogens with one attached hydrogen (secondary N) is 1. The van der Waals surface area contributed by atoms with E-state index in [2.05, 4.69) is 10.3 Å². The third kappa shape index (κ3) is 2.79. The summed E-state index contributed by atoms with van der Waals surface area (Å²) in [6.07, 6.45) is 2.07. The van der Waals surface area contributed by atoms with Crippen LogP contribution in [0.3, 0.4) is 0 Å².